The predicted molar refractivity (Wildman–Crippen MR) is 70.1 cm³/mol. The van der Waals surface area contributed by atoms with E-state index < -0.39 is 4.92 Å². The molecule has 2 rings (SSSR count). The third-order valence-corrected chi connectivity index (χ3v) is 3.57. The molecule has 1 aromatic rings. The first-order chi connectivity index (χ1) is 8.49. The molecule has 2 unspecified atom stereocenters. The van der Waals surface area contributed by atoms with Crippen molar-refractivity contribution in [2.45, 2.75) is 19.4 Å². The second-order valence-corrected chi connectivity index (χ2v) is 5.11. The summed E-state index contributed by atoms with van der Waals surface area (Å²) in [6.45, 7) is 3.18. The standard InChI is InChI=1S/C12H15ClN2O3/c1-8-7-14(5-4-12(8)16)10-3-2-9(13)6-11(10)15(17)18/h2-3,6,8,12,16H,4-5,7H2,1H3. The zero-order valence-corrected chi connectivity index (χ0v) is 10.8. The Morgan fingerprint density at radius 1 is 1.56 bits per heavy atom. The van der Waals surface area contributed by atoms with Crippen molar-refractivity contribution in [3.8, 4) is 0 Å². The van der Waals surface area contributed by atoms with Crippen LogP contribution in [0.4, 0.5) is 11.4 Å². The van der Waals surface area contributed by atoms with Crippen LogP contribution in [0.2, 0.25) is 5.02 Å². The van der Waals surface area contributed by atoms with Gasteiger partial charge >= 0.3 is 0 Å². The highest BCUT2D eigenvalue weighted by molar-refractivity contribution is 6.30. The van der Waals surface area contributed by atoms with Crippen LogP contribution >= 0.6 is 11.6 Å². The quantitative estimate of drug-likeness (QED) is 0.662. The van der Waals surface area contributed by atoms with E-state index in [1.54, 1.807) is 12.1 Å². The van der Waals surface area contributed by atoms with Crippen LogP contribution in [0.15, 0.2) is 18.2 Å². The van der Waals surface area contributed by atoms with E-state index in [-0.39, 0.29) is 17.7 Å². The van der Waals surface area contributed by atoms with Crippen molar-refractivity contribution < 1.29 is 10.0 Å². The first-order valence-corrected chi connectivity index (χ1v) is 6.24. The minimum absolute atomic E-state index is 0.0195. The number of benzene rings is 1. The number of nitro benzene ring substituents is 1. The molecule has 0 aliphatic carbocycles. The van der Waals surface area contributed by atoms with Gasteiger partial charge in [0, 0.05) is 24.2 Å². The van der Waals surface area contributed by atoms with Gasteiger partial charge in [-0.3, -0.25) is 10.1 Å². The zero-order valence-electron chi connectivity index (χ0n) is 10.0. The van der Waals surface area contributed by atoms with Crippen LogP contribution < -0.4 is 4.90 Å². The molecule has 1 heterocycles. The smallest absolute Gasteiger partial charge is 0.294 e. The largest absolute Gasteiger partial charge is 0.393 e. The van der Waals surface area contributed by atoms with Crippen molar-refractivity contribution in [1.82, 2.24) is 0 Å². The lowest BCUT2D eigenvalue weighted by Crippen LogP contribution is -2.42. The summed E-state index contributed by atoms with van der Waals surface area (Å²) in [7, 11) is 0. The van der Waals surface area contributed by atoms with Crippen molar-refractivity contribution in [2.24, 2.45) is 5.92 Å². The monoisotopic (exact) mass is 270 g/mol. The van der Waals surface area contributed by atoms with Gasteiger partial charge in [0.25, 0.3) is 5.69 Å². The van der Waals surface area contributed by atoms with Crippen LogP contribution in [0.3, 0.4) is 0 Å². The fourth-order valence-corrected chi connectivity index (χ4v) is 2.43. The van der Waals surface area contributed by atoms with E-state index in [1.165, 1.54) is 6.07 Å². The van der Waals surface area contributed by atoms with E-state index in [4.69, 9.17) is 11.6 Å². The Labute approximate surface area is 110 Å². The molecular weight excluding hydrogens is 256 g/mol. The second kappa shape index (κ2) is 5.12. The molecule has 0 aromatic heterocycles. The Bertz CT molecular complexity index is 467. The molecule has 0 radical (unpaired) electrons. The molecule has 98 valence electrons. The molecule has 18 heavy (non-hydrogen) atoms. The van der Waals surface area contributed by atoms with Gasteiger partial charge in [-0.25, -0.2) is 0 Å². The molecule has 1 aromatic carbocycles. The maximum Gasteiger partial charge on any atom is 0.294 e. The summed E-state index contributed by atoms with van der Waals surface area (Å²) in [6, 6.07) is 4.69. The number of aliphatic hydroxyl groups excluding tert-OH is 1. The van der Waals surface area contributed by atoms with Crippen molar-refractivity contribution in [3.05, 3.63) is 33.3 Å². The molecular formula is C12H15ClN2O3. The van der Waals surface area contributed by atoms with Crippen LogP contribution in [0.1, 0.15) is 13.3 Å². The number of anilines is 1. The maximum absolute atomic E-state index is 11.0. The van der Waals surface area contributed by atoms with Crippen molar-refractivity contribution in [1.29, 1.82) is 0 Å². The highest BCUT2D eigenvalue weighted by Crippen LogP contribution is 2.33. The number of rotatable bonds is 2. The minimum atomic E-state index is -0.420. The SMILES string of the molecule is CC1CN(c2ccc(Cl)cc2[N+](=O)[O-])CCC1O. The molecule has 0 saturated carbocycles. The lowest BCUT2D eigenvalue weighted by Gasteiger charge is -2.35. The molecule has 0 amide bonds. The summed E-state index contributed by atoms with van der Waals surface area (Å²) < 4.78 is 0. The number of nitrogens with zero attached hydrogens (tertiary/aromatic N) is 2. The fraction of sp³-hybridized carbons (Fsp3) is 0.500. The molecule has 0 bridgehead atoms. The van der Waals surface area contributed by atoms with Crippen LogP contribution in [-0.4, -0.2) is 29.2 Å². The third-order valence-electron chi connectivity index (χ3n) is 3.33. The van der Waals surface area contributed by atoms with Gasteiger partial charge in [-0.1, -0.05) is 18.5 Å². The van der Waals surface area contributed by atoms with E-state index in [9.17, 15) is 15.2 Å². The lowest BCUT2D eigenvalue weighted by atomic mass is 9.96. The normalized spacial score (nSPS) is 24.1. The average molecular weight is 271 g/mol. The summed E-state index contributed by atoms with van der Waals surface area (Å²) in [5, 5.41) is 21.1. The van der Waals surface area contributed by atoms with Gasteiger partial charge in [0.15, 0.2) is 0 Å². The van der Waals surface area contributed by atoms with Crippen LogP contribution in [0.5, 0.6) is 0 Å². The Balaban J connectivity index is 2.30. The number of hydrogen-bond donors (Lipinski definition) is 1. The number of aliphatic hydroxyl groups is 1. The molecule has 1 fully saturated rings. The second-order valence-electron chi connectivity index (χ2n) is 4.67. The van der Waals surface area contributed by atoms with Gasteiger partial charge in [0.05, 0.1) is 11.0 Å². The van der Waals surface area contributed by atoms with Gasteiger partial charge in [-0.15, -0.1) is 0 Å². The van der Waals surface area contributed by atoms with Gasteiger partial charge in [-0.05, 0) is 24.5 Å². The van der Waals surface area contributed by atoms with Gasteiger partial charge in [0.2, 0.25) is 0 Å². The fourth-order valence-electron chi connectivity index (χ4n) is 2.26. The van der Waals surface area contributed by atoms with E-state index in [2.05, 4.69) is 0 Å². The topological polar surface area (TPSA) is 66.6 Å². The highest BCUT2D eigenvalue weighted by Gasteiger charge is 2.28. The summed E-state index contributed by atoms with van der Waals surface area (Å²) >= 11 is 5.79. The number of halogens is 1. The Morgan fingerprint density at radius 3 is 2.89 bits per heavy atom. The van der Waals surface area contributed by atoms with E-state index in [0.29, 0.717) is 30.2 Å². The summed E-state index contributed by atoms with van der Waals surface area (Å²) in [5.74, 6) is 0.106. The van der Waals surface area contributed by atoms with E-state index >= 15 is 0 Å². The predicted octanol–water partition coefficient (Wildman–Crippen LogP) is 2.46. The molecule has 5 nitrogen and oxygen atoms in total. The van der Waals surface area contributed by atoms with E-state index in [1.807, 2.05) is 11.8 Å². The summed E-state index contributed by atoms with van der Waals surface area (Å²) in [6.07, 6.45) is 0.300. The highest BCUT2D eigenvalue weighted by atomic mass is 35.5. The maximum atomic E-state index is 11.0. The van der Waals surface area contributed by atoms with Crippen LogP contribution in [-0.2, 0) is 0 Å². The minimum Gasteiger partial charge on any atom is -0.393 e. The van der Waals surface area contributed by atoms with Crippen molar-refractivity contribution >= 4 is 23.0 Å². The van der Waals surface area contributed by atoms with Gasteiger partial charge < -0.3 is 10.0 Å². The molecule has 1 N–H and O–H groups in total. The summed E-state index contributed by atoms with van der Waals surface area (Å²) in [4.78, 5) is 12.5. The summed E-state index contributed by atoms with van der Waals surface area (Å²) in [5.41, 5.74) is 0.592. The molecule has 6 heteroatoms. The van der Waals surface area contributed by atoms with Crippen molar-refractivity contribution in [3.63, 3.8) is 0 Å². The molecule has 1 aliphatic rings. The Kier molecular flexibility index (Phi) is 3.73. The lowest BCUT2D eigenvalue weighted by molar-refractivity contribution is -0.384. The molecule has 1 aliphatic heterocycles. The number of piperidine rings is 1. The Morgan fingerprint density at radius 2 is 2.28 bits per heavy atom. The molecule has 1 saturated heterocycles. The third kappa shape index (κ3) is 2.57. The average Bonchev–Trinajstić information content (AvgIpc) is 2.32. The van der Waals surface area contributed by atoms with Crippen LogP contribution in [0, 0.1) is 16.0 Å². The number of hydrogen-bond acceptors (Lipinski definition) is 4. The molecule has 2 atom stereocenters. The molecule has 0 spiro atoms. The van der Waals surface area contributed by atoms with Gasteiger partial charge in [0.1, 0.15) is 5.69 Å². The van der Waals surface area contributed by atoms with Crippen molar-refractivity contribution in [2.75, 3.05) is 18.0 Å². The van der Waals surface area contributed by atoms with Crippen LogP contribution in [0.25, 0.3) is 0 Å². The van der Waals surface area contributed by atoms with Gasteiger partial charge in [-0.2, -0.15) is 0 Å². The first-order valence-electron chi connectivity index (χ1n) is 5.86. The van der Waals surface area contributed by atoms with E-state index in [0.717, 1.165) is 0 Å². The zero-order chi connectivity index (χ0) is 13.3. The first kappa shape index (κ1) is 13.1. The number of nitro groups is 1. The Hall–Kier alpha value is -1.33.